The summed E-state index contributed by atoms with van der Waals surface area (Å²) in [6.45, 7) is 6.64. The zero-order valence-electron chi connectivity index (χ0n) is 20.8. The average molecular weight is 504 g/mol. The maximum absolute atomic E-state index is 14.1. The molecule has 1 aliphatic heterocycles. The summed E-state index contributed by atoms with van der Waals surface area (Å²) in [4.78, 5) is 0. The maximum atomic E-state index is 14.1. The summed E-state index contributed by atoms with van der Waals surface area (Å²) >= 11 is 0. The Morgan fingerprint density at radius 1 is 1.03 bits per heavy atom. The second-order valence-corrected chi connectivity index (χ2v) is 11.1. The van der Waals surface area contributed by atoms with Crippen LogP contribution in [0.25, 0.3) is 0 Å². The predicted molar refractivity (Wildman–Crippen MR) is 137 cm³/mol. The number of ether oxygens (including phenoxy) is 3. The van der Waals surface area contributed by atoms with Crippen molar-refractivity contribution in [3.05, 3.63) is 72.3 Å². The van der Waals surface area contributed by atoms with Crippen LogP contribution in [-0.4, -0.2) is 44.6 Å². The Balaban J connectivity index is 1.87. The van der Waals surface area contributed by atoms with Crippen LogP contribution in [-0.2, 0) is 27.8 Å². The van der Waals surface area contributed by atoms with Gasteiger partial charge in [0.05, 0.1) is 19.5 Å². The number of nitrogens with zero attached hydrogens (tertiary/aromatic N) is 1. The second kappa shape index (κ2) is 12.5. The van der Waals surface area contributed by atoms with E-state index in [0.29, 0.717) is 32.4 Å². The molecule has 2 aromatic carbocycles. The van der Waals surface area contributed by atoms with Gasteiger partial charge in [0.1, 0.15) is 24.0 Å². The van der Waals surface area contributed by atoms with Crippen LogP contribution in [0.15, 0.2) is 61.2 Å². The van der Waals surface area contributed by atoms with E-state index in [0.717, 1.165) is 22.6 Å². The molecule has 3 rings (SSSR count). The van der Waals surface area contributed by atoms with E-state index in [1.807, 2.05) is 55.5 Å². The molecule has 1 aliphatic rings. The number of hydrazine groups is 1. The number of rotatable bonds is 14. The number of allylic oxidation sites excluding steroid dienone is 1. The summed E-state index contributed by atoms with van der Waals surface area (Å²) in [5, 5.41) is -0.570. The smallest absolute Gasteiger partial charge is 0.217 e. The predicted octanol–water partition coefficient (Wildman–Crippen LogP) is 3.95. The molecule has 1 saturated heterocycles. The Morgan fingerprint density at radius 3 is 2.00 bits per heavy atom. The van der Waals surface area contributed by atoms with Crippen LogP contribution >= 0.6 is 0 Å². The van der Waals surface area contributed by atoms with Crippen molar-refractivity contribution in [3.63, 3.8) is 0 Å². The van der Waals surface area contributed by atoms with Crippen molar-refractivity contribution < 1.29 is 22.6 Å². The molecule has 1 fully saturated rings. The first-order valence-corrected chi connectivity index (χ1v) is 13.3. The van der Waals surface area contributed by atoms with Gasteiger partial charge >= 0.3 is 0 Å². The Labute approximate surface area is 209 Å². The van der Waals surface area contributed by atoms with Gasteiger partial charge in [-0.25, -0.2) is 19.3 Å². The van der Waals surface area contributed by atoms with Crippen molar-refractivity contribution in [2.75, 3.05) is 21.0 Å². The molecule has 0 aromatic heterocycles. The van der Waals surface area contributed by atoms with Gasteiger partial charge in [-0.05, 0) is 68.0 Å². The van der Waals surface area contributed by atoms with E-state index in [-0.39, 0.29) is 13.1 Å². The van der Waals surface area contributed by atoms with Gasteiger partial charge in [-0.2, -0.15) is 4.31 Å². The molecule has 2 atom stereocenters. The standard InChI is InChI=1S/C26H37N3O5S/c1-5-6-7-25(16-17-26(2)28-27-20-34-26)35(30,31)29(18-21-8-12-23(32-3)13-9-21)19-22-10-14-24(33-4)15-11-22/h5,8-15,25,27-28H,1,6-7,16-20H2,2-4H3/t25-,26?/m1/s1. The third-order valence-electron chi connectivity index (χ3n) is 6.27. The first-order valence-electron chi connectivity index (χ1n) is 11.8. The number of methoxy groups -OCH3 is 2. The fourth-order valence-corrected chi connectivity index (χ4v) is 6.02. The molecule has 9 heteroatoms. The summed E-state index contributed by atoms with van der Waals surface area (Å²) in [6.07, 6.45) is 3.90. The van der Waals surface area contributed by atoms with Gasteiger partial charge in [-0.3, -0.25) is 0 Å². The molecule has 0 spiro atoms. The number of nitrogens with one attached hydrogen (secondary N) is 2. The van der Waals surface area contributed by atoms with Crippen LogP contribution in [0.1, 0.15) is 43.7 Å². The van der Waals surface area contributed by atoms with Crippen molar-refractivity contribution in [2.24, 2.45) is 0 Å². The topological polar surface area (TPSA) is 89.1 Å². The Bertz CT molecular complexity index is 986. The molecule has 8 nitrogen and oxygen atoms in total. The number of sulfonamides is 1. The Hall–Kier alpha value is -2.43. The zero-order chi connectivity index (χ0) is 25.3. The van der Waals surface area contributed by atoms with Gasteiger partial charge in [-0.1, -0.05) is 30.3 Å². The van der Waals surface area contributed by atoms with Gasteiger partial charge in [0.2, 0.25) is 10.0 Å². The Morgan fingerprint density at radius 2 is 1.57 bits per heavy atom. The highest BCUT2D eigenvalue weighted by atomic mass is 32.2. The molecule has 2 N–H and O–H groups in total. The van der Waals surface area contributed by atoms with E-state index in [2.05, 4.69) is 17.4 Å². The lowest BCUT2D eigenvalue weighted by atomic mass is 10.1. The van der Waals surface area contributed by atoms with Crippen LogP contribution in [0.5, 0.6) is 11.5 Å². The number of benzene rings is 2. The minimum atomic E-state index is -3.66. The third-order valence-corrected chi connectivity index (χ3v) is 8.56. The molecule has 0 aliphatic carbocycles. The molecule has 0 amide bonds. The summed E-state index contributed by atoms with van der Waals surface area (Å²) in [7, 11) is -0.443. The molecule has 35 heavy (non-hydrogen) atoms. The minimum Gasteiger partial charge on any atom is -0.497 e. The lowest BCUT2D eigenvalue weighted by Gasteiger charge is -2.30. The Kier molecular flexibility index (Phi) is 9.71. The van der Waals surface area contributed by atoms with Crippen molar-refractivity contribution in [1.29, 1.82) is 0 Å². The van der Waals surface area contributed by atoms with E-state index >= 15 is 0 Å². The van der Waals surface area contributed by atoms with E-state index < -0.39 is 21.0 Å². The van der Waals surface area contributed by atoms with Crippen molar-refractivity contribution in [3.8, 4) is 11.5 Å². The van der Waals surface area contributed by atoms with Gasteiger partial charge in [0.15, 0.2) is 0 Å². The highest BCUT2D eigenvalue weighted by Gasteiger charge is 2.36. The van der Waals surface area contributed by atoms with Gasteiger partial charge in [0.25, 0.3) is 0 Å². The molecule has 0 saturated carbocycles. The number of hydrogen-bond acceptors (Lipinski definition) is 7. The van der Waals surface area contributed by atoms with Gasteiger partial charge in [-0.15, -0.1) is 6.58 Å². The number of hydrogen-bond donors (Lipinski definition) is 2. The second-order valence-electron chi connectivity index (χ2n) is 8.86. The molecular formula is C26H37N3O5S. The van der Waals surface area contributed by atoms with E-state index in [1.165, 1.54) is 0 Å². The van der Waals surface area contributed by atoms with Crippen LogP contribution < -0.4 is 20.3 Å². The monoisotopic (exact) mass is 503 g/mol. The van der Waals surface area contributed by atoms with Crippen LogP contribution in [0.2, 0.25) is 0 Å². The highest BCUT2D eigenvalue weighted by Crippen LogP contribution is 2.28. The fraction of sp³-hybridized carbons (Fsp3) is 0.462. The first kappa shape index (κ1) is 27.2. The molecule has 1 heterocycles. The van der Waals surface area contributed by atoms with Crippen molar-refractivity contribution >= 4 is 10.0 Å². The summed E-state index contributed by atoms with van der Waals surface area (Å²) in [5.41, 5.74) is 7.24. The van der Waals surface area contributed by atoms with Crippen molar-refractivity contribution in [2.45, 2.75) is 56.7 Å². The molecule has 2 aromatic rings. The largest absolute Gasteiger partial charge is 0.497 e. The van der Waals surface area contributed by atoms with Crippen LogP contribution in [0.3, 0.4) is 0 Å². The lowest BCUT2D eigenvalue weighted by Crippen LogP contribution is -2.44. The van der Waals surface area contributed by atoms with Crippen LogP contribution in [0, 0.1) is 0 Å². The highest BCUT2D eigenvalue weighted by molar-refractivity contribution is 7.89. The van der Waals surface area contributed by atoms with Gasteiger partial charge < -0.3 is 14.2 Å². The molecular weight excluding hydrogens is 466 g/mol. The average Bonchev–Trinajstić information content (AvgIpc) is 3.30. The maximum Gasteiger partial charge on any atom is 0.217 e. The lowest BCUT2D eigenvalue weighted by molar-refractivity contribution is -0.00246. The van der Waals surface area contributed by atoms with Crippen LogP contribution in [0.4, 0.5) is 0 Å². The summed E-state index contributed by atoms with van der Waals surface area (Å²) in [6, 6.07) is 15.0. The van der Waals surface area contributed by atoms with E-state index in [1.54, 1.807) is 24.6 Å². The zero-order valence-corrected chi connectivity index (χ0v) is 21.6. The quantitative estimate of drug-likeness (QED) is 0.377. The SMILES string of the molecule is C=CCC[C@H](CCC1(C)NNCO1)S(=O)(=O)N(Cc1ccc(OC)cc1)Cc1ccc(OC)cc1. The van der Waals surface area contributed by atoms with E-state index in [9.17, 15) is 8.42 Å². The molecule has 0 radical (unpaired) electrons. The fourth-order valence-electron chi connectivity index (χ4n) is 4.09. The van der Waals surface area contributed by atoms with E-state index in [4.69, 9.17) is 14.2 Å². The first-order chi connectivity index (χ1) is 16.8. The summed E-state index contributed by atoms with van der Waals surface area (Å²) < 4.78 is 45.9. The molecule has 192 valence electrons. The van der Waals surface area contributed by atoms with Crippen molar-refractivity contribution in [1.82, 2.24) is 15.2 Å². The van der Waals surface area contributed by atoms with Gasteiger partial charge in [0, 0.05) is 13.1 Å². The summed E-state index contributed by atoms with van der Waals surface area (Å²) in [5.74, 6) is 1.46. The normalized spacial score (nSPS) is 19.0. The molecule has 0 bridgehead atoms. The third kappa shape index (κ3) is 7.52. The minimum absolute atomic E-state index is 0.260. The molecule has 1 unspecified atom stereocenters.